The third-order valence-corrected chi connectivity index (χ3v) is 2.60. The zero-order chi connectivity index (χ0) is 11.5. The topological polar surface area (TPSA) is 43.7 Å². The maximum atomic E-state index is 5.54. The minimum atomic E-state index is 0.239. The van der Waals surface area contributed by atoms with Crippen molar-refractivity contribution in [1.29, 1.82) is 0 Å². The van der Waals surface area contributed by atoms with Crippen molar-refractivity contribution < 1.29 is 9.47 Å². The standard InChI is InChI=1S/C12H16N2O2/c1-8(2)10-7-16-12(14-10)9-5-4-6-11(13-9)15-3/h4-6,8,10H,7H2,1-3H3/t10-/m1/s1. The van der Waals surface area contributed by atoms with Gasteiger partial charge in [-0.1, -0.05) is 19.9 Å². The molecule has 1 atom stereocenters. The lowest BCUT2D eigenvalue weighted by molar-refractivity contribution is 0.291. The van der Waals surface area contributed by atoms with E-state index in [1.165, 1.54) is 0 Å². The van der Waals surface area contributed by atoms with Gasteiger partial charge >= 0.3 is 0 Å². The highest BCUT2D eigenvalue weighted by molar-refractivity contribution is 5.93. The van der Waals surface area contributed by atoms with Crippen molar-refractivity contribution in [3.8, 4) is 5.88 Å². The fourth-order valence-electron chi connectivity index (χ4n) is 1.52. The van der Waals surface area contributed by atoms with E-state index in [1.807, 2.05) is 12.1 Å². The van der Waals surface area contributed by atoms with Crippen LogP contribution in [0.2, 0.25) is 0 Å². The quantitative estimate of drug-likeness (QED) is 0.781. The van der Waals surface area contributed by atoms with E-state index in [4.69, 9.17) is 9.47 Å². The largest absolute Gasteiger partial charge is 0.481 e. The van der Waals surface area contributed by atoms with E-state index in [1.54, 1.807) is 13.2 Å². The molecule has 86 valence electrons. The fraction of sp³-hybridized carbons (Fsp3) is 0.500. The Bertz CT molecular complexity index is 402. The molecule has 0 aliphatic carbocycles. The van der Waals surface area contributed by atoms with Gasteiger partial charge in [-0.25, -0.2) is 9.98 Å². The summed E-state index contributed by atoms with van der Waals surface area (Å²) in [4.78, 5) is 8.80. The molecule has 2 heterocycles. The Kier molecular flexibility index (Phi) is 3.08. The third-order valence-electron chi connectivity index (χ3n) is 2.60. The summed E-state index contributed by atoms with van der Waals surface area (Å²) in [6.45, 7) is 4.92. The van der Waals surface area contributed by atoms with Gasteiger partial charge in [-0.2, -0.15) is 0 Å². The predicted octanol–water partition coefficient (Wildman–Crippen LogP) is 1.89. The van der Waals surface area contributed by atoms with Crippen LogP contribution in [0.3, 0.4) is 0 Å². The third kappa shape index (κ3) is 2.15. The second-order valence-corrected chi connectivity index (χ2v) is 4.12. The molecule has 0 saturated heterocycles. The van der Waals surface area contributed by atoms with E-state index in [9.17, 15) is 0 Å². The summed E-state index contributed by atoms with van der Waals surface area (Å²) in [5.41, 5.74) is 0.738. The number of aliphatic imine (C=N–C) groups is 1. The van der Waals surface area contributed by atoms with Gasteiger partial charge in [0.25, 0.3) is 0 Å². The lowest BCUT2D eigenvalue weighted by Gasteiger charge is -2.06. The van der Waals surface area contributed by atoms with E-state index >= 15 is 0 Å². The van der Waals surface area contributed by atoms with Gasteiger partial charge in [0.05, 0.1) is 13.2 Å². The molecule has 4 nitrogen and oxygen atoms in total. The summed E-state index contributed by atoms with van der Waals surface area (Å²) in [7, 11) is 1.60. The summed E-state index contributed by atoms with van der Waals surface area (Å²) >= 11 is 0. The van der Waals surface area contributed by atoms with Crippen molar-refractivity contribution in [1.82, 2.24) is 4.98 Å². The minimum absolute atomic E-state index is 0.239. The molecule has 0 spiro atoms. The van der Waals surface area contributed by atoms with E-state index < -0.39 is 0 Å². The van der Waals surface area contributed by atoms with Crippen LogP contribution in [0, 0.1) is 5.92 Å². The second kappa shape index (κ2) is 4.51. The highest BCUT2D eigenvalue weighted by Crippen LogP contribution is 2.17. The highest BCUT2D eigenvalue weighted by atomic mass is 16.5. The number of pyridine rings is 1. The predicted molar refractivity (Wildman–Crippen MR) is 61.9 cm³/mol. The van der Waals surface area contributed by atoms with Crippen LogP contribution in [0.1, 0.15) is 19.5 Å². The van der Waals surface area contributed by atoms with Crippen LogP contribution in [0.15, 0.2) is 23.2 Å². The van der Waals surface area contributed by atoms with Gasteiger partial charge in [-0.15, -0.1) is 0 Å². The van der Waals surface area contributed by atoms with Crippen LogP contribution < -0.4 is 4.74 Å². The molecule has 4 heteroatoms. The molecule has 0 bridgehead atoms. The van der Waals surface area contributed by atoms with Crippen molar-refractivity contribution in [3.63, 3.8) is 0 Å². The number of rotatable bonds is 3. The van der Waals surface area contributed by atoms with Gasteiger partial charge in [0, 0.05) is 6.07 Å². The molecule has 2 rings (SSSR count). The van der Waals surface area contributed by atoms with Gasteiger partial charge in [-0.05, 0) is 12.0 Å². The maximum Gasteiger partial charge on any atom is 0.235 e. The first kappa shape index (κ1) is 10.9. The normalized spacial score (nSPS) is 19.5. The molecular formula is C12H16N2O2. The molecule has 1 aliphatic rings. The number of aromatic nitrogens is 1. The van der Waals surface area contributed by atoms with Crippen LogP contribution in [-0.4, -0.2) is 30.6 Å². The van der Waals surface area contributed by atoms with E-state index in [0.29, 0.717) is 24.3 Å². The van der Waals surface area contributed by atoms with Crippen molar-refractivity contribution in [2.24, 2.45) is 10.9 Å². The number of nitrogens with zero attached hydrogens (tertiary/aromatic N) is 2. The zero-order valence-electron chi connectivity index (χ0n) is 9.80. The van der Waals surface area contributed by atoms with Crippen molar-refractivity contribution in [2.45, 2.75) is 19.9 Å². The Morgan fingerprint density at radius 1 is 1.44 bits per heavy atom. The van der Waals surface area contributed by atoms with E-state index in [0.717, 1.165) is 5.69 Å². The number of hydrogen-bond acceptors (Lipinski definition) is 4. The molecule has 0 saturated carbocycles. The minimum Gasteiger partial charge on any atom is -0.481 e. The van der Waals surface area contributed by atoms with Crippen molar-refractivity contribution in [3.05, 3.63) is 23.9 Å². The van der Waals surface area contributed by atoms with Crippen LogP contribution in [-0.2, 0) is 4.74 Å². The van der Waals surface area contributed by atoms with Gasteiger partial charge in [0.2, 0.25) is 11.8 Å². The first-order valence-electron chi connectivity index (χ1n) is 5.42. The van der Waals surface area contributed by atoms with Gasteiger partial charge < -0.3 is 9.47 Å². The molecule has 16 heavy (non-hydrogen) atoms. The molecule has 0 amide bonds. The van der Waals surface area contributed by atoms with Crippen LogP contribution >= 0.6 is 0 Å². The summed E-state index contributed by atoms with van der Waals surface area (Å²) in [6.07, 6.45) is 0. The van der Waals surface area contributed by atoms with Crippen molar-refractivity contribution in [2.75, 3.05) is 13.7 Å². The Morgan fingerprint density at radius 2 is 2.25 bits per heavy atom. The van der Waals surface area contributed by atoms with Gasteiger partial charge in [0.1, 0.15) is 12.3 Å². The van der Waals surface area contributed by atoms with E-state index in [-0.39, 0.29) is 6.04 Å². The van der Waals surface area contributed by atoms with Gasteiger partial charge in [0.15, 0.2) is 0 Å². The Labute approximate surface area is 95.3 Å². The highest BCUT2D eigenvalue weighted by Gasteiger charge is 2.23. The Hall–Kier alpha value is -1.58. The summed E-state index contributed by atoms with van der Waals surface area (Å²) in [6, 6.07) is 5.81. The summed E-state index contributed by atoms with van der Waals surface area (Å²) in [5.74, 6) is 1.69. The summed E-state index contributed by atoms with van der Waals surface area (Å²) in [5, 5.41) is 0. The zero-order valence-corrected chi connectivity index (χ0v) is 9.80. The lowest BCUT2D eigenvalue weighted by Crippen LogP contribution is -2.13. The SMILES string of the molecule is COc1cccc(C2=N[C@@H](C(C)C)CO2)n1. The molecule has 1 aromatic heterocycles. The fourth-order valence-corrected chi connectivity index (χ4v) is 1.52. The molecule has 0 unspecified atom stereocenters. The molecular weight excluding hydrogens is 204 g/mol. The first-order chi connectivity index (χ1) is 7.70. The van der Waals surface area contributed by atoms with Gasteiger partial charge in [-0.3, -0.25) is 0 Å². The molecule has 1 aliphatic heterocycles. The number of hydrogen-bond donors (Lipinski definition) is 0. The molecule has 0 aromatic carbocycles. The van der Waals surface area contributed by atoms with Crippen molar-refractivity contribution >= 4 is 5.90 Å². The Balaban J connectivity index is 2.21. The molecule has 0 radical (unpaired) electrons. The summed E-state index contributed by atoms with van der Waals surface area (Å²) < 4.78 is 10.6. The Morgan fingerprint density at radius 3 is 2.88 bits per heavy atom. The number of ether oxygens (including phenoxy) is 2. The number of methoxy groups -OCH3 is 1. The van der Waals surface area contributed by atoms with E-state index in [2.05, 4.69) is 23.8 Å². The second-order valence-electron chi connectivity index (χ2n) is 4.12. The smallest absolute Gasteiger partial charge is 0.235 e. The first-order valence-corrected chi connectivity index (χ1v) is 5.42. The maximum absolute atomic E-state index is 5.54. The average molecular weight is 220 g/mol. The lowest BCUT2D eigenvalue weighted by atomic mass is 10.1. The van der Waals surface area contributed by atoms with Crippen LogP contribution in [0.25, 0.3) is 0 Å². The molecule has 1 aromatic rings. The monoisotopic (exact) mass is 220 g/mol. The average Bonchev–Trinajstić information content (AvgIpc) is 2.78. The van der Waals surface area contributed by atoms with Crippen LogP contribution in [0.5, 0.6) is 5.88 Å². The van der Waals surface area contributed by atoms with Crippen LogP contribution in [0.4, 0.5) is 0 Å². The molecule has 0 fully saturated rings. The molecule has 0 N–H and O–H groups in total.